The molecule has 0 fully saturated rings. The maximum atomic E-state index is 14.1. The number of hydrazone groups is 1. The molecule has 0 saturated carbocycles. The molecule has 7 heteroatoms. The fourth-order valence-corrected chi connectivity index (χ4v) is 4.17. The first kappa shape index (κ1) is 27.3. The number of anilines is 2. The van der Waals surface area contributed by atoms with Gasteiger partial charge in [0.2, 0.25) is 5.66 Å². The van der Waals surface area contributed by atoms with Crippen molar-refractivity contribution in [2.24, 2.45) is 5.10 Å². The Hall–Kier alpha value is -4.75. The summed E-state index contributed by atoms with van der Waals surface area (Å²) in [5, 5.41) is 15.5. The number of benzene rings is 4. The number of nitrogens with one attached hydrogen (secondary N) is 3. The predicted molar refractivity (Wildman–Crippen MR) is 158 cm³/mol. The highest BCUT2D eigenvalue weighted by molar-refractivity contribution is 6.31. The maximum Gasteiger partial charge on any atom is 0.300 e. The second-order valence-corrected chi connectivity index (χ2v) is 8.79. The molecule has 0 saturated heterocycles. The molecule has 198 valence electrons. The van der Waals surface area contributed by atoms with E-state index in [1.54, 1.807) is 24.3 Å². The van der Waals surface area contributed by atoms with E-state index in [0.717, 1.165) is 13.1 Å². The minimum Gasteiger partial charge on any atom is -0.350 e. The average molecular weight is 520 g/mol. The van der Waals surface area contributed by atoms with Crippen LogP contribution < -0.4 is 21.0 Å². The minimum atomic E-state index is -1.63. The second-order valence-electron chi connectivity index (χ2n) is 8.79. The van der Waals surface area contributed by atoms with Gasteiger partial charge in [0.1, 0.15) is 5.71 Å². The monoisotopic (exact) mass is 519 g/mol. The van der Waals surface area contributed by atoms with Gasteiger partial charge in [-0.3, -0.25) is 9.59 Å². The van der Waals surface area contributed by atoms with E-state index in [1.807, 2.05) is 97.1 Å². The van der Waals surface area contributed by atoms with Crippen molar-refractivity contribution in [2.45, 2.75) is 19.5 Å². The van der Waals surface area contributed by atoms with Crippen LogP contribution in [0.4, 0.5) is 11.4 Å². The maximum absolute atomic E-state index is 14.1. The van der Waals surface area contributed by atoms with E-state index in [0.29, 0.717) is 28.2 Å². The number of nitrogens with zero attached hydrogens (tertiary/aromatic N) is 2. The normalized spacial score (nSPS) is 16.1. The van der Waals surface area contributed by atoms with Crippen LogP contribution in [0.3, 0.4) is 0 Å². The zero-order valence-corrected chi connectivity index (χ0v) is 22.2. The Morgan fingerprint density at radius 1 is 0.744 bits per heavy atom. The van der Waals surface area contributed by atoms with E-state index in [1.165, 1.54) is 5.01 Å². The first-order valence-corrected chi connectivity index (χ1v) is 13.0. The van der Waals surface area contributed by atoms with Crippen molar-refractivity contribution in [3.63, 3.8) is 0 Å². The molecular formula is C32H33N5O2. The van der Waals surface area contributed by atoms with Crippen LogP contribution in [0.25, 0.3) is 0 Å². The highest BCUT2D eigenvalue weighted by Crippen LogP contribution is 2.31. The third-order valence-corrected chi connectivity index (χ3v) is 6.06. The smallest absolute Gasteiger partial charge is 0.300 e. The van der Waals surface area contributed by atoms with Gasteiger partial charge in [-0.15, -0.1) is 0 Å². The van der Waals surface area contributed by atoms with Crippen LogP contribution in [0.1, 0.15) is 29.8 Å². The number of carbonyl (C=O) groups excluding carboxylic acids is 2. The summed E-state index contributed by atoms with van der Waals surface area (Å²) in [6.45, 7) is 6.39. The molecule has 1 aliphatic heterocycles. The van der Waals surface area contributed by atoms with Gasteiger partial charge < -0.3 is 16.0 Å². The summed E-state index contributed by atoms with van der Waals surface area (Å²) in [5.41, 5.74) is 1.19. The van der Waals surface area contributed by atoms with Crippen LogP contribution in [-0.2, 0) is 4.79 Å². The summed E-state index contributed by atoms with van der Waals surface area (Å²) in [7, 11) is 0. The molecule has 7 nitrogen and oxygen atoms in total. The summed E-state index contributed by atoms with van der Waals surface area (Å²) in [6, 6.07) is 36.7. The molecule has 0 bridgehead atoms. The highest BCUT2D eigenvalue weighted by Gasteiger charge is 2.54. The number of rotatable bonds is 8. The van der Waals surface area contributed by atoms with E-state index in [2.05, 4.69) is 29.8 Å². The Morgan fingerprint density at radius 3 is 1.79 bits per heavy atom. The van der Waals surface area contributed by atoms with Crippen molar-refractivity contribution in [1.29, 1.82) is 0 Å². The first-order valence-electron chi connectivity index (χ1n) is 13.0. The van der Waals surface area contributed by atoms with Crippen LogP contribution in [0.15, 0.2) is 126 Å². The third-order valence-electron chi connectivity index (χ3n) is 6.06. The van der Waals surface area contributed by atoms with E-state index >= 15 is 0 Å². The second kappa shape index (κ2) is 13.2. The summed E-state index contributed by atoms with van der Waals surface area (Å²) in [5.74, 6) is -0.804. The van der Waals surface area contributed by atoms with Gasteiger partial charge in [0.05, 0.1) is 5.69 Å². The Labute approximate surface area is 229 Å². The van der Waals surface area contributed by atoms with Crippen molar-refractivity contribution in [2.75, 3.05) is 23.4 Å². The molecule has 1 aliphatic rings. The number of amides is 2. The van der Waals surface area contributed by atoms with E-state index in [-0.39, 0.29) is 0 Å². The Kier molecular flexibility index (Phi) is 9.21. The third kappa shape index (κ3) is 6.40. The Balaban J connectivity index is 0.000000648. The lowest BCUT2D eigenvalue weighted by molar-refractivity contribution is -0.120. The van der Waals surface area contributed by atoms with E-state index in [4.69, 9.17) is 5.10 Å². The van der Waals surface area contributed by atoms with Crippen molar-refractivity contribution >= 4 is 28.9 Å². The van der Waals surface area contributed by atoms with Crippen molar-refractivity contribution < 1.29 is 9.59 Å². The molecular weight excluding hydrogens is 486 g/mol. The fourth-order valence-electron chi connectivity index (χ4n) is 4.17. The summed E-state index contributed by atoms with van der Waals surface area (Å²) in [6.07, 6.45) is 0. The van der Waals surface area contributed by atoms with Crippen LogP contribution in [0.5, 0.6) is 0 Å². The molecule has 1 unspecified atom stereocenters. The molecule has 3 N–H and O–H groups in total. The molecule has 0 spiro atoms. The molecule has 5 rings (SSSR count). The van der Waals surface area contributed by atoms with Gasteiger partial charge >= 0.3 is 5.91 Å². The van der Waals surface area contributed by atoms with E-state index < -0.39 is 17.5 Å². The summed E-state index contributed by atoms with van der Waals surface area (Å²) >= 11 is 0. The SMILES string of the molecule is CCNCC.O=C(NC1(Nc2ccccc2)C(=O)N(c2ccccc2)N=C1c1ccccc1)c1ccccc1. The van der Waals surface area contributed by atoms with Gasteiger partial charge in [-0.2, -0.15) is 10.1 Å². The topological polar surface area (TPSA) is 85.8 Å². The lowest BCUT2D eigenvalue weighted by atomic mass is 9.95. The molecule has 1 atom stereocenters. The van der Waals surface area contributed by atoms with Crippen LogP contribution >= 0.6 is 0 Å². The summed E-state index contributed by atoms with van der Waals surface area (Å²) < 4.78 is 0. The first-order chi connectivity index (χ1) is 19.1. The van der Waals surface area contributed by atoms with Gasteiger partial charge in [0.15, 0.2) is 0 Å². The Morgan fingerprint density at radius 2 is 1.26 bits per heavy atom. The predicted octanol–water partition coefficient (Wildman–Crippen LogP) is 5.29. The highest BCUT2D eigenvalue weighted by atomic mass is 16.2. The number of carbonyl (C=O) groups is 2. The van der Waals surface area contributed by atoms with Crippen molar-refractivity contribution in [1.82, 2.24) is 10.6 Å². The average Bonchev–Trinajstić information content (AvgIpc) is 3.27. The number of hydrogen-bond acceptors (Lipinski definition) is 5. The molecule has 4 aromatic carbocycles. The number of hydrogen-bond donors (Lipinski definition) is 3. The minimum absolute atomic E-state index is 0.393. The van der Waals surface area contributed by atoms with Crippen molar-refractivity contribution in [3.05, 3.63) is 132 Å². The molecule has 0 radical (unpaired) electrons. The number of para-hydroxylation sites is 2. The van der Waals surface area contributed by atoms with Crippen LogP contribution in [0, 0.1) is 0 Å². The van der Waals surface area contributed by atoms with Gasteiger partial charge in [0, 0.05) is 16.8 Å². The fraction of sp³-hybridized carbons (Fsp3) is 0.156. The molecule has 39 heavy (non-hydrogen) atoms. The van der Waals surface area contributed by atoms with Crippen LogP contribution in [0.2, 0.25) is 0 Å². The zero-order chi connectivity index (χ0) is 27.5. The summed E-state index contributed by atoms with van der Waals surface area (Å²) in [4.78, 5) is 27.5. The molecule has 1 heterocycles. The van der Waals surface area contributed by atoms with Crippen molar-refractivity contribution in [3.8, 4) is 0 Å². The lowest BCUT2D eigenvalue weighted by Crippen LogP contribution is -2.65. The van der Waals surface area contributed by atoms with Gasteiger partial charge in [-0.05, 0) is 49.5 Å². The Bertz CT molecular complexity index is 1380. The van der Waals surface area contributed by atoms with E-state index in [9.17, 15) is 9.59 Å². The van der Waals surface area contributed by atoms with Gasteiger partial charge in [-0.25, -0.2) is 0 Å². The molecule has 4 aromatic rings. The molecule has 2 amide bonds. The van der Waals surface area contributed by atoms with Crippen LogP contribution in [-0.4, -0.2) is 36.3 Å². The largest absolute Gasteiger partial charge is 0.350 e. The lowest BCUT2D eigenvalue weighted by Gasteiger charge is -2.32. The standard InChI is InChI=1S/C28H22N4O2.C4H11N/c33-26(22-15-7-2-8-16-22)30-28(29-23-17-9-3-10-18-23)25(21-13-5-1-6-14-21)31-32(27(28)34)24-19-11-4-12-20-24;1-3-5-4-2/h1-20,29H,(H,30,33);5H,3-4H2,1-2H3. The zero-order valence-electron chi connectivity index (χ0n) is 22.2. The molecule has 0 aromatic heterocycles. The van der Waals surface area contributed by atoms with Gasteiger partial charge in [-0.1, -0.05) is 98.8 Å². The molecule has 0 aliphatic carbocycles. The quantitative estimate of drug-likeness (QED) is 0.276. The van der Waals surface area contributed by atoms with Gasteiger partial charge in [0.25, 0.3) is 5.91 Å².